The van der Waals surface area contributed by atoms with Crippen LogP contribution in [0, 0.1) is 0 Å². The third kappa shape index (κ3) is 2.64. The number of aliphatic hydroxyl groups is 2. The molecule has 2 N–H and O–H groups in total. The minimum atomic E-state index is -3.71. The smallest absolute Gasteiger partial charge is 0.264 e. The van der Waals surface area contributed by atoms with Gasteiger partial charge in [-0.1, -0.05) is 6.92 Å². The molecule has 14 heavy (non-hydrogen) atoms. The van der Waals surface area contributed by atoms with E-state index in [4.69, 9.17) is 4.74 Å². The zero-order chi connectivity index (χ0) is 10.9. The van der Waals surface area contributed by atoms with E-state index in [1.165, 1.54) is 0 Å². The highest BCUT2D eigenvalue weighted by atomic mass is 32.2. The minimum Gasteiger partial charge on any atom is -0.387 e. The molecule has 0 saturated carbocycles. The standard InChI is InChI=1S/C7H14O6S/c1-3-4-5(8)6(7(9)12-4)13-14(2,10)11/h4-9H,3H2,1-2H3/t4-,5+,6?,7?/m1/s1. The molecular formula is C7H14O6S. The van der Waals surface area contributed by atoms with Gasteiger partial charge in [0.25, 0.3) is 10.1 Å². The van der Waals surface area contributed by atoms with Crippen LogP contribution in [0.15, 0.2) is 0 Å². The molecule has 1 fully saturated rings. The number of aliphatic hydroxyl groups excluding tert-OH is 2. The summed E-state index contributed by atoms with van der Waals surface area (Å²) in [6, 6.07) is 0. The van der Waals surface area contributed by atoms with E-state index in [0.29, 0.717) is 6.42 Å². The molecule has 0 aromatic rings. The average molecular weight is 226 g/mol. The van der Waals surface area contributed by atoms with Crippen LogP contribution < -0.4 is 0 Å². The normalized spacial score (nSPS) is 38.9. The van der Waals surface area contributed by atoms with Crippen LogP contribution in [0.25, 0.3) is 0 Å². The third-order valence-electron chi connectivity index (χ3n) is 2.00. The molecule has 1 rings (SSSR count). The maximum Gasteiger partial charge on any atom is 0.264 e. The van der Waals surface area contributed by atoms with Gasteiger partial charge in [-0.15, -0.1) is 0 Å². The molecule has 0 aliphatic carbocycles. The Balaban J connectivity index is 2.70. The van der Waals surface area contributed by atoms with Crippen LogP contribution >= 0.6 is 0 Å². The van der Waals surface area contributed by atoms with Crippen molar-refractivity contribution in [2.45, 2.75) is 37.9 Å². The summed E-state index contributed by atoms with van der Waals surface area (Å²) < 4.78 is 30.9. The van der Waals surface area contributed by atoms with E-state index >= 15 is 0 Å². The Bertz CT molecular complexity index is 287. The first-order valence-corrected chi connectivity index (χ1v) is 6.06. The van der Waals surface area contributed by atoms with E-state index in [1.807, 2.05) is 0 Å². The number of hydrogen-bond donors (Lipinski definition) is 2. The van der Waals surface area contributed by atoms with Crippen molar-refractivity contribution in [2.75, 3.05) is 6.26 Å². The van der Waals surface area contributed by atoms with Crippen molar-refractivity contribution in [1.29, 1.82) is 0 Å². The Kier molecular flexibility index (Phi) is 3.49. The highest BCUT2D eigenvalue weighted by molar-refractivity contribution is 7.86. The first kappa shape index (κ1) is 11.9. The lowest BCUT2D eigenvalue weighted by molar-refractivity contribution is -0.120. The molecule has 0 aromatic heterocycles. The second kappa shape index (κ2) is 4.11. The first-order valence-electron chi connectivity index (χ1n) is 4.25. The summed E-state index contributed by atoms with van der Waals surface area (Å²) in [5, 5.41) is 18.8. The molecule has 1 heterocycles. The lowest BCUT2D eigenvalue weighted by atomic mass is 10.1. The van der Waals surface area contributed by atoms with Crippen molar-refractivity contribution in [2.24, 2.45) is 0 Å². The summed E-state index contributed by atoms with van der Waals surface area (Å²) in [5.41, 5.74) is 0. The monoisotopic (exact) mass is 226 g/mol. The van der Waals surface area contributed by atoms with E-state index in [-0.39, 0.29) is 0 Å². The largest absolute Gasteiger partial charge is 0.387 e. The Hall–Kier alpha value is -0.210. The van der Waals surface area contributed by atoms with E-state index in [2.05, 4.69) is 4.18 Å². The van der Waals surface area contributed by atoms with Crippen LogP contribution in [-0.2, 0) is 19.0 Å². The molecule has 7 heteroatoms. The van der Waals surface area contributed by atoms with Gasteiger partial charge in [0.2, 0.25) is 0 Å². The van der Waals surface area contributed by atoms with Crippen molar-refractivity contribution in [3.05, 3.63) is 0 Å². The van der Waals surface area contributed by atoms with Gasteiger partial charge in [-0.25, -0.2) is 0 Å². The number of ether oxygens (including phenoxy) is 1. The van der Waals surface area contributed by atoms with Gasteiger partial charge >= 0.3 is 0 Å². The van der Waals surface area contributed by atoms with Crippen molar-refractivity contribution < 1.29 is 27.6 Å². The predicted molar refractivity (Wildman–Crippen MR) is 46.9 cm³/mol. The molecule has 1 aliphatic heterocycles. The zero-order valence-corrected chi connectivity index (χ0v) is 8.77. The average Bonchev–Trinajstić information content (AvgIpc) is 2.29. The molecule has 0 amide bonds. The SMILES string of the molecule is CC[C@H]1OC(O)C(OS(C)(=O)=O)[C@H]1O. The van der Waals surface area contributed by atoms with Crippen LogP contribution in [0.5, 0.6) is 0 Å². The summed E-state index contributed by atoms with van der Waals surface area (Å²) in [4.78, 5) is 0. The molecule has 1 saturated heterocycles. The van der Waals surface area contributed by atoms with Gasteiger partial charge in [-0.05, 0) is 6.42 Å². The highest BCUT2D eigenvalue weighted by Crippen LogP contribution is 2.25. The Labute approximate surface area is 82.6 Å². The summed E-state index contributed by atoms with van der Waals surface area (Å²) in [6.45, 7) is 1.75. The molecule has 0 radical (unpaired) electrons. The molecule has 0 spiro atoms. The molecule has 1 aliphatic rings. The second-order valence-corrected chi connectivity index (χ2v) is 4.83. The van der Waals surface area contributed by atoms with E-state index in [1.54, 1.807) is 6.92 Å². The fourth-order valence-corrected chi connectivity index (χ4v) is 1.97. The summed E-state index contributed by atoms with van der Waals surface area (Å²) in [6.07, 6.45) is -3.01. The van der Waals surface area contributed by atoms with E-state index < -0.39 is 34.7 Å². The Morgan fingerprint density at radius 3 is 2.36 bits per heavy atom. The summed E-state index contributed by atoms with van der Waals surface area (Å²) >= 11 is 0. The van der Waals surface area contributed by atoms with Gasteiger partial charge in [0, 0.05) is 0 Å². The van der Waals surface area contributed by atoms with Crippen molar-refractivity contribution >= 4 is 10.1 Å². The van der Waals surface area contributed by atoms with Gasteiger partial charge in [0.15, 0.2) is 12.4 Å². The maximum absolute atomic E-state index is 10.8. The van der Waals surface area contributed by atoms with Gasteiger partial charge in [-0.3, -0.25) is 4.18 Å². The lowest BCUT2D eigenvalue weighted by Crippen LogP contribution is -2.36. The molecular weight excluding hydrogens is 212 g/mol. The van der Waals surface area contributed by atoms with Gasteiger partial charge in [-0.2, -0.15) is 8.42 Å². The Morgan fingerprint density at radius 1 is 1.43 bits per heavy atom. The van der Waals surface area contributed by atoms with Crippen molar-refractivity contribution in [3.63, 3.8) is 0 Å². The van der Waals surface area contributed by atoms with Crippen molar-refractivity contribution in [3.8, 4) is 0 Å². The minimum absolute atomic E-state index is 0.474. The number of hydrogen-bond acceptors (Lipinski definition) is 6. The van der Waals surface area contributed by atoms with Crippen LogP contribution in [0.4, 0.5) is 0 Å². The van der Waals surface area contributed by atoms with Crippen LogP contribution in [0.2, 0.25) is 0 Å². The molecule has 2 unspecified atom stereocenters. The molecule has 0 aromatic carbocycles. The highest BCUT2D eigenvalue weighted by Gasteiger charge is 2.44. The lowest BCUT2D eigenvalue weighted by Gasteiger charge is -2.15. The van der Waals surface area contributed by atoms with E-state index in [9.17, 15) is 18.6 Å². The second-order valence-electron chi connectivity index (χ2n) is 3.23. The fraction of sp³-hybridized carbons (Fsp3) is 1.00. The van der Waals surface area contributed by atoms with E-state index in [0.717, 1.165) is 6.26 Å². The maximum atomic E-state index is 10.8. The van der Waals surface area contributed by atoms with Crippen LogP contribution in [0.1, 0.15) is 13.3 Å². The summed E-state index contributed by atoms with van der Waals surface area (Å²) in [5.74, 6) is 0. The van der Waals surface area contributed by atoms with Gasteiger partial charge in [0.05, 0.1) is 12.4 Å². The van der Waals surface area contributed by atoms with Crippen LogP contribution in [0.3, 0.4) is 0 Å². The molecule has 0 bridgehead atoms. The fourth-order valence-electron chi connectivity index (χ4n) is 1.36. The first-order chi connectivity index (χ1) is 6.35. The number of rotatable bonds is 3. The van der Waals surface area contributed by atoms with Gasteiger partial charge in [0.1, 0.15) is 6.10 Å². The quantitative estimate of drug-likeness (QED) is 0.588. The Morgan fingerprint density at radius 2 is 2.00 bits per heavy atom. The topological polar surface area (TPSA) is 93.1 Å². The van der Waals surface area contributed by atoms with Crippen molar-refractivity contribution in [1.82, 2.24) is 0 Å². The molecule has 84 valence electrons. The van der Waals surface area contributed by atoms with Gasteiger partial charge < -0.3 is 14.9 Å². The van der Waals surface area contributed by atoms with Crippen LogP contribution in [-0.4, -0.2) is 49.5 Å². The third-order valence-corrected chi connectivity index (χ3v) is 2.57. The molecule has 6 nitrogen and oxygen atoms in total. The summed E-state index contributed by atoms with van der Waals surface area (Å²) in [7, 11) is -3.71. The molecule has 4 atom stereocenters. The predicted octanol–water partition coefficient (Wildman–Crippen LogP) is -1.18. The zero-order valence-electron chi connectivity index (χ0n) is 7.95.